The molecule has 6 atom stereocenters. The summed E-state index contributed by atoms with van der Waals surface area (Å²) in [6.07, 6.45) is 56.1. The van der Waals surface area contributed by atoms with Gasteiger partial charge in [-0.25, -0.2) is 4.79 Å². The second-order valence-corrected chi connectivity index (χ2v) is 22.0. The number of hydrogen-bond acceptors (Lipinski definition) is 11. The molecule has 1 heterocycles. The molecule has 3 N–H and O–H groups in total. The first-order chi connectivity index (χ1) is 38.6. The van der Waals surface area contributed by atoms with E-state index in [9.17, 15) is 34.5 Å². The van der Waals surface area contributed by atoms with Crippen LogP contribution in [0.25, 0.3) is 0 Å². The van der Waals surface area contributed by atoms with Crippen molar-refractivity contribution in [2.24, 2.45) is 0 Å². The molecule has 0 aromatic rings. The minimum atomic E-state index is -1.91. The summed E-state index contributed by atoms with van der Waals surface area (Å²) in [6, 6.07) is 0. The summed E-state index contributed by atoms with van der Waals surface area (Å²) in [6.45, 7) is 5.90. The molecule has 79 heavy (non-hydrogen) atoms. The molecule has 6 unspecified atom stereocenters. The van der Waals surface area contributed by atoms with Gasteiger partial charge in [-0.2, -0.15) is 0 Å². The Morgan fingerprint density at radius 3 is 1.23 bits per heavy atom. The third kappa shape index (κ3) is 44.7. The van der Waals surface area contributed by atoms with E-state index in [2.05, 4.69) is 81.5 Å². The van der Waals surface area contributed by atoms with Crippen LogP contribution in [-0.2, 0) is 42.9 Å². The smallest absolute Gasteiger partial charge is 0.335 e. The van der Waals surface area contributed by atoms with E-state index in [1.54, 1.807) is 0 Å². The molecule has 1 aliphatic heterocycles. The van der Waals surface area contributed by atoms with Gasteiger partial charge in [0.1, 0.15) is 18.8 Å². The molecule has 1 fully saturated rings. The number of carbonyl (C=O) groups is 4. The molecule has 0 saturated carbocycles. The number of carboxylic acids is 1. The second-order valence-electron chi connectivity index (χ2n) is 22.0. The Hall–Kier alpha value is -3.58. The molecule has 456 valence electrons. The molecule has 1 aliphatic rings. The van der Waals surface area contributed by atoms with Crippen LogP contribution < -0.4 is 0 Å². The lowest BCUT2D eigenvalue weighted by atomic mass is 9.98. The highest BCUT2D eigenvalue weighted by atomic mass is 16.7. The van der Waals surface area contributed by atoms with E-state index in [-0.39, 0.29) is 25.9 Å². The first-order valence-corrected chi connectivity index (χ1v) is 32.3. The Bertz CT molecular complexity index is 1600. The van der Waals surface area contributed by atoms with Crippen LogP contribution >= 0.6 is 0 Å². The van der Waals surface area contributed by atoms with E-state index < -0.39 is 67.3 Å². The quantitative estimate of drug-likeness (QED) is 0.0228. The van der Waals surface area contributed by atoms with Gasteiger partial charge in [-0.3, -0.25) is 14.4 Å². The standard InChI is InChI=1S/C67H116O12/c1-4-7-10-13-16-19-22-25-27-29-30-32-33-36-38-41-44-47-50-53-59(68)75-56-58(77-60(69)54-51-48-45-42-39-35-24-21-18-15-12-9-6-3)57-76-67-65(63(72)62(71)64(79-67)66(73)74)78-61(70)55-52-49-46-43-40-37-34-31-28-26-23-20-17-14-11-8-5-2/h8,11,17,20,25-28,34,37,58,62-65,67,71-72H,4-7,9-10,12-16,18-19,21-24,29-33,35-36,38-57H2,1-3H3,(H,73,74)/b11-8-,20-17-,27-25-,28-26-,37-34-. The number of ether oxygens (including phenoxy) is 5. The Kier molecular flexibility index (Phi) is 51.1. The molecule has 1 saturated heterocycles. The zero-order chi connectivity index (χ0) is 57.5. The maximum absolute atomic E-state index is 13.2. The fraction of sp³-hybridized carbons (Fsp3) is 0.791. The molecule has 0 aromatic carbocycles. The number of rotatable bonds is 55. The molecular formula is C67H116O12. The summed E-state index contributed by atoms with van der Waals surface area (Å²) in [5.41, 5.74) is 0. The molecule has 0 spiro atoms. The molecule has 12 heteroatoms. The van der Waals surface area contributed by atoms with Gasteiger partial charge in [0.05, 0.1) is 6.61 Å². The zero-order valence-corrected chi connectivity index (χ0v) is 50.4. The topological polar surface area (TPSA) is 175 Å². The second kappa shape index (κ2) is 55.0. The number of esters is 3. The van der Waals surface area contributed by atoms with Gasteiger partial charge in [-0.05, 0) is 83.5 Å². The average molecular weight is 1110 g/mol. The number of aliphatic hydroxyl groups is 2. The van der Waals surface area contributed by atoms with Crippen molar-refractivity contribution in [3.05, 3.63) is 60.8 Å². The van der Waals surface area contributed by atoms with E-state index in [1.165, 1.54) is 141 Å². The minimum absolute atomic E-state index is 0.0332. The van der Waals surface area contributed by atoms with Crippen LogP contribution in [0.5, 0.6) is 0 Å². The summed E-state index contributed by atoms with van der Waals surface area (Å²) < 4.78 is 28.5. The molecule has 0 radical (unpaired) electrons. The highest BCUT2D eigenvalue weighted by Gasteiger charge is 2.50. The predicted molar refractivity (Wildman–Crippen MR) is 322 cm³/mol. The van der Waals surface area contributed by atoms with Crippen molar-refractivity contribution in [1.82, 2.24) is 0 Å². The Balaban J connectivity index is 2.65. The Morgan fingerprint density at radius 2 is 0.797 bits per heavy atom. The molecule has 12 nitrogen and oxygen atoms in total. The van der Waals surface area contributed by atoms with Crippen molar-refractivity contribution >= 4 is 23.9 Å². The number of carboxylic acid groups (broad SMARTS) is 1. The number of hydrogen-bond donors (Lipinski definition) is 3. The van der Waals surface area contributed by atoms with E-state index in [4.69, 9.17) is 23.7 Å². The first kappa shape index (κ1) is 73.4. The fourth-order valence-corrected chi connectivity index (χ4v) is 9.65. The number of carbonyl (C=O) groups excluding carboxylic acids is 3. The number of aliphatic hydroxyl groups excluding tert-OH is 2. The van der Waals surface area contributed by atoms with Crippen LogP contribution in [0.15, 0.2) is 60.8 Å². The highest BCUT2D eigenvalue weighted by Crippen LogP contribution is 2.27. The van der Waals surface area contributed by atoms with Crippen molar-refractivity contribution < 1.29 is 58.2 Å². The van der Waals surface area contributed by atoms with Crippen LogP contribution in [0.3, 0.4) is 0 Å². The van der Waals surface area contributed by atoms with Crippen molar-refractivity contribution in [1.29, 1.82) is 0 Å². The summed E-state index contributed by atoms with van der Waals surface area (Å²) in [4.78, 5) is 51.3. The van der Waals surface area contributed by atoms with Crippen molar-refractivity contribution in [3.63, 3.8) is 0 Å². The zero-order valence-electron chi connectivity index (χ0n) is 50.4. The monoisotopic (exact) mass is 1110 g/mol. The van der Waals surface area contributed by atoms with Crippen LogP contribution in [0, 0.1) is 0 Å². The fourth-order valence-electron chi connectivity index (χ4n) is 9.65. The van der Waals surface area contributed by atoms with Gasteiger partial charge in [0, 0.05) is 19.3 Å². The lowest BCUT2D eigenvalue weighted by Crippen LogP contribution is -2.61. The molecule has 0 amide bonds. The third-order valence-corrected chi connectivity index (χ3v) is 14.6. The summed E-state index contributed by atoms with van der Waals surface area (Å²) >= 11 is 0. The van der Waals surface area contributed by atoms with Gasteiger partial charge < -0.3 is 39.0 Å². The summed E-state index contributed by atoms with van der Waals surface area (Å²) in [5, 5.41) is 31.6. The van der Waals surface area contributed by atoms with Crippen molar-refractivity contribution in [2.45, 2.75) is 327 Å². The third-order valence-electron chi connectivity index (χ3n) is 14.6. The minimum Gasteiger partial charge on any atom is -0.479 e. The Morgan fingerprint density at radius 1 is 0.430 bits per heavy atom. The highest BCUT2D eigenvalue weighted by molar-refractivity contribution is 5.74. The van der Waals surface area contributed by atoms with Crippen LogP contribution in [0.2, 0.25) is 0 Å². The molecule has 0 aromatic heterocycles. The lowest BCUT2D eigenvalue weighted by molar-refractivity contribution is -0.301. The van der Waals surface area contributed by atoms with Crippen molar-refractivity contribution in [3.8, 4) is 0 Å². The normalized spacial score (nSPS) is 18.2. The van der Waals surface area contributed by atoms with Gasteiger partial charge in [0.15, 0.2) is 24.6 Å². The SMILES string of the molecule is CC/C=C\C/C=C\C/C=C\C/C=C\CCCCCCC(=O)OC1C(OCC(COC(=O)CCCCCCCCCCC/C=C\CCCCCCCC)OC(=O)CCCCCCCCCCCCCCC)OC(C(=O)O)C(O)C1O. The molecular weight excluding hydrogens is 997 g/mol. The van der Waals surface area contributed by atoms with Crippen molar-refractivity contribution in [2.75, 3.05) is 13.2 Å². The summed E-state index contributed by atoms with van der Waals surface area (Å²) in [7, 11) is 0. The average Bonchev–Trinajstić information content (AvgIpc) is 3.46. The maximum atomic E-state index is 13.2. The van der Waals surface area contributed by atoms with E-state index in [0.29, 0.717) is 19.3 Å². The number of allylic oxidation sites excluding steroid dienone is 10. The van der Waals surface area contributed by atoms with Gasteiger partial charge in [-0.15, -0.1) is 0 Å². The molecule has 1 rings (SSSR count). The van der Waals surface area contributed by atoms with E-state index in [1.807, 2.05) is 0 Å². The largest absolute Gasteiger partial charge is 0.479 e. The first-order valence-electron chi connectivity index (χ1n) is 32.3. The van der Waals surface area contributed by atoms with Gasteiger partial charge in [0.25, 0.3) is 0 Å². The van der Waals surface area contributed by atoms with Gasteiger partial charge >= 0.3 is 23.9 Å². The molecule has 0 bridgehead atoms. The molecule has 0 aliphatic carbocycles. The Labute approximate surface area is 481 Å². The number of unbranched alkanes of at least 4 members (excludes halogenated alkanes) is 31. The van der Waals surface area contributed by atoms with Gasteiger partial charge in [-0.1, -0.05) is 248 Å². The van der Waals surface area contributed by atoms with Crippen LogP contribution in [0.4, 0.5) is 0 Å². The van der Waals surface area contributed by atoms with Crippen LogP contribution in [-0.4, -0.2) is 89.2 Å². The van der Waals surface area contributed by atoms with Crippen LogP contribution in [0.1, 0.15) is 290 Å². The maximum Gasteiger partial charge on any atom is 0.335 e. The predicted octanol–water partition coefficient (Wildman–Crippen LogP) is 17.1. The lowest BCUT2D eigenvalue weighted by Gasteiger charge is -2.40. The van der Waals surface area contributed by atoms with E-state index >= 15 is 0 Å². The van der Waals surface area contributed by atoms with Gasteiger partial charge in [0.2, 0.25) is 0 Å². The van der Waals surface area contributed by atoms with E-state index in [0.717, 1.165) is 89.9 Å². The summed E-state index contributed by atoms with van der Waals surface area (Å²) in [5.74, 6) is -3.13. The number of aliphatic carboxylic acids is 1.